The van der Waals surface area contributed by atoms with E-state index in [0.29, 0.717) is 16.8 Å². The van der Waals surface area contributed by atoms with Gasteiger partial charge in [0.2, 0.25) is 0 Å². The summed E-state index contributed by atoms with van der Waals surface area (Å²) in [5, 5.41) is 46.4. The second kappa shape index (κ2) is 35.1. The minimum atomic E-state index is -2.77. The van der Waals surface area contributed by atoms with Gasteiger partial charge in [-0.1, -0.05) is 377 Å². The van der Waals surface area contributed by atoms with Gasteiger partial charge in [-0.05, 0) is 218 Å². The lowest BCUT2D eigenvalue weighted by Gasteiger charge is -2.35. The first-order valence-corrected chi connectivity index (χ1v) is 52.3. The van der Waals surface area contributed by atoms with Crippen LogP contribution in [0.5, 0.6) is 0 Å². The van der Waals surface area contributed by atoms with Crippen molar-refractivity contribution >= 4 is 209 Å². The van der Waals surface area contributed by atoms with Crippen LogP contribution in [0.3, 0.4) is 0 Å². The molecule has 0 aliphatic rings. The van der Waals surface area contributed by atoms with E-state index in [0.717, 1.165) is 89.8 Å². The average molecular weight is 1740 g/mol. The predicted octanol–water partition coefficient (Wildman–Crippen LogP) is 26.6. The van der Waals surface area contributed by atoms with E-state index < -0.39 is 24.2 Å². The fourth-order valence-electron chi connectivity index (χ4n) is 20.2. The van der Waals surface area contributed by atoms with Gasteiger partial charge in [0.15, 0.2) is 21.8 Å². The van der Waals surface area contributed by atoms with Crippen molar-refractivity contribution in [1.29, 1.82) is 10.5 Å². The molecule has 10 heteroatoms. The van der Waals surface area contributed by atoms with E-state index in [1.54, 1.807) is 0 Å². The molecule has 0 aliphatic carbocycles. The largest absolute Gasteiger partial charge is 0.310 e. The molecule has 0 unspecified atom stereocenters. The number of hydrogen-bond acceptors (Lipinski definition) is 6. The Hall–Kier alpha value is -16.8. The summed E-state index contributed by atoms with van der Waals surface area (Å²) in [7, 11) is -7.07. The van der Waals surface area contributed by atoms with Gasteiger partial charge in [0, 0.05) is 61.4 Å². The second-order valence-electron chi connectivity index (χ2n) is 34.7. The van der Waals surface area contributed by atoms with E-state index in [-0.39, 0.29) is 0 Å². The Bertz CT molecular complexity index is 7810. The molecule has 0 bridgehead atoms. The number of nitriles is 2. The molecule has 0 aromatic heterocycles. The lowest BCUT2D eigenvalue weighted by molar-refractivity contribution is 1.28. The molecule has 0 atom stereocenters. The Kier molecular flexibility index (Phi) is 21.9. The molecule has 132 heavy (non-hydrogen) atoms. The molecule has 0 heterocycles. The van der Waals surface area contributed by atoms with Crippen molar-refractivity contribution in [3.63, 3.8) is 0 Å². The van der Waals surface area contributed by atoms with Gasteiger partial charge in [-0.15, -0.1) is 0 Å². The van der Waals surface area contributed by atoms with E-state index >= 15 is 0 Å². The van der Waals surface area contributed by atoms with Crippen LogP contribution >= 0.6 is 0 Å². The Morgan fingerprint density at radius 2 is 0.447 bits per heavy atom. The van der Waals surface area contributed by atoms with Crippen LogP contribution in [0.15, 0.2) is 485 Å². The molecule has 22 rings (SSSR count). The second-order valence-corrected chi connectivity index (χ2v) is 47.4. The molecule has 0 amide bonds. The Balaban J connectivity index is 0.000000160. The summed E-state index contributed by atoms with van der Waals surface area (Å²) in [6.45, 7) is 14.9. The topological polar surface area (TPSA) is 64.9 Å². The molecule has 0 saturated heterocycles. The molecule has 0 saturated carbocycles. The van der Waals surface area contributed by atoms with Crippen LogP contribution in [0.2, 0.25) is 19.6 Å². The van der Waals surface area contributed by atoms with E-state index in [1.165, 1.54) is 89.8 Å². The number of para-hydroxylation sites is 3. The maximum Gasteiger partial charge on any atom is 0.187 e. The maximum atomic E-state index is 10.6. The molecular formula is C122H89N7Si3. The first kappa shape index (κ1) is 82.2. The van der Waals surface area contributed by atoms with Crippen molar-refractivity contribution in [2.75, 3.05) is 19.6 Å². The first-order valence-electron chi connectivity index (χ1n) is 44.8. The molecular weight excluding hydrogens is 1650 g/mol. The van der Waals surface area contributed by atoms with Crippen LogP contribution in [0.1, 0.15) is 11.1 Å². The van der Waals surface area contributed by atoms with Crippen molar-refractivity contribution in [3.05, 3.63) is 508 Å². The monoisotopic (exact) mass is 1740 g/mol. The van der Waals surface area contributed by atoms with Gasteiger partial charge in [-0.2, -0.15) is 10.5 Å². The molecule has 0 spiro atoms. The predicted molar refractivity (Wildman–Crippen MR) is 565 cm³/mol. The summed E-state index contributed by atoms with van der Waals surface area (Å²) < 4.78 is 0. The minimum absolute atomic E-state index is 0.600. The van der Waals surface area contributed by atoms with Crippen molar-refractivity contribution in [2.24, 2.45) is 0 Å². The van der Waals surface area contributed by atoms with Gasteiger partial charge >= 0.3 is 0 Å². The summed E-state index contributed by atoms with van der Waals surface area (Å²) in [6.07, 6.45) is 0. The highest BCUT2D eigenvalue weighted by molar-refractivity contribution is 7.20. The summed E-state index contributed by atoms with van der Waals surface area (Å²) in [5.41, 5.74) is 14.1. The summed E-state index contributed by atoms with van der Waals surface area (Å²) in [6, 6.07) is 180. The average Bonchev–Trinajstić information content (AvgIpc) is 0.734. The molecule has 624 valence electrons. The molecule has 0 fully saturated rings. The van der Waals surface area contributed by atoms with Gasteiger partial charge in [0.1, 0.15) is 6.07 Å². The number of rotatable bonds is 21. The third-order valence-corrected chi connectivity index (χ3v) is 38.0. The Labute approximate surface area is 773 Å². The SMILES string of the molecule is N#Cc1ccccc1N(c1ccc([Si](c2ccccc2)(c2ccccc2)c2ccccc2)cc1)c1ccc2ccc3c(N(c4ccccc4)c4ccccc4)ccc4ccc1c2c43.[C-]#[N+]c1ccc(N(c2ccc([Si](c3ccccc3)(c3ccccc3)c3ccccc3)cc2)c2ccc3ccc4c(N(c5ccc(C#N)cc5)c5ccc([Si](C)(C)C)cc5)ccc5ccc2c3c54)cc1. The number of anilines is 12. The van der Waals surface area contributed by atoms with Gasteiger partial charge in [-0.3, -0.25) is 0 Å². The third kappa shape index (κ3) is 14.6. The van der Waals surface area contributed by atoms with Gasteiger partial charge < -0.3 is 19.6 Å². The van der Waals surface area contributed by atoms with Crippen LogP contribution < -0.4 is 66.3 Å². The van der Waals surface area contributed by atoms with Crippen LogP contribution in [0, 0.1) is 29.2 Å². The van der Waals surface area contributed by atoms with Crippen LogP contribution in [-0.2, 0) is 0 Å². The van der Waals surface area contributed by atoms with Crippen molar-refractivity contribution < 1.29 is 0 Å². The van der Waals surface area contributed by atoms with E-state index in [1.807, 2.05) is 42.5 Å². The quantitative estimate of drug-likeness (QED) is 0.0309. The fourth-order valence-corrected chi connectivity index (χ4v) is 30.9. The first-order chi connectivity index (χ1) is 65.0. The van der Waals surface area contributed by atoms with Gasteiger partial charge in [0.05, 0.1) is 60.3 Å². The molecule has 22 aromatic rings. The lowest BCUT2D eigenvalue weighted by Crippen LogP contribution is -2.74. The van der Waals surface area contributed by atoms with Gasteiger partial charge in [-0.25, -0.2) is 4.85 Å². The Morgan fingerprint density at radius 1 is 0.212 bits per heavy atom. The van der Waals surface area contributed by atoms with E-state index in [9.17, 15) is 10.5 Å². The minimum Gasteiger partial charge on any atom is -0.310 e. The lowest BCUT2D eigenvalue weighted by atomic mass is 9.91. The van der Waals surface area contributed by atoms with E-state index in [2.05, 4.69) is 499 Å². The van der Waals surface area contributed by atoms with Crippen molar-refractivity contribution in [3.8, 4) is 12.1 Å². The van der Waals surface area contributed by atoms with E-state index in [4.69, 9.17) is 6.57 Å². The number of nitrogens with zero attached hydrogens (tertiary/aromatic N) is 7. The number of hydrogen-bond donors (Lipinski definition) is 0. The molecule has 7 nitrogen and oxygen atoms in total. The maximum absolute atomic E-state index is 10.6. The number of benzene rings is 22. The standard InChI is InChI=1S/C63H48N4Si2.C59H41N3Si/c1-65-48-26-30-50(31-27-48)67(52-34-38-57(39-35-52)69(54-14-8-5-9-15-54,55-16-10-6-11-17-55)56-18-12-7-13-19-56)61-43-25-47-22-40-58-60(42-24-46-23-41-59(61)63(47)62(46)58)66(49-28-20-45(44-64)21-29-49)51-32-36-53(37-33-51)68(2,3)4;60-42-45-18-16-17-29-55(45)62(48-34-36-52(37-35-48)63(49-23-10-3-11-24-49,50-25-12-4-13-26-50)51-27-14-5-15-28-51)57-41-33-44-30-38-53-56(40-32-43-31-39-54(57)59(44)58(43)53)61(46-19-6-1-7-20-46)47-21-8-2-9-22-47/h5-43H,2-4H3;1-41H. The van der Waals surface area contributed by atoms with Crippen LogP contribution in [0.4, 0.5) is 73.9 Å². The highest BCUT2D eigenvalue weighted by Gasteiger charge is 2.43. The summed E-state index contributed by atoms with van der Waals surface area (Å²) >= 11 is 0. The van der Waals surface area contributed by atoms with Crippen LogP contribution in [0.25, 0.3) is 69.5 Å². The molecule has 0 radical (unpaired) electrons. The zero-order valence-corrected chi connectivity index (χ0v) is 76.3. The molecule has 0 N–H and O–H groups in total. The fraction of sp³-hybridized carbons (Fsp3) is 0.0246. The van der Waals surface area contributed by atoms with Crippen molar-refractivity contribution in [1.82, 2.24) is 0 Å². The summed E-state index contributed by atoms with van der Waals surface area (Å²) in [4.78, 5) is 13.1. The molecule has 0 aliphatic heterocycles. The summed E-state index contributed by atoms with van der Waals surface area (Å²) in [5.74, 6) is 0. The smallest absolute Gasteiger partial charge is 0.187 e. The van der Waals surface area contributed by atoms with Gasteiger partial charge in [0.25, 0.3) is 0 Å². The zero-order chi connectivity index (χ0) is 89.3. The molecule has 22 aromatic carbocycles. The van der Waals surface area contributed by atoms with Crippen molar-refractivity contribution in [2.45, 2.75) is 19.6 Å². The highest BCUT2D eigenvalue weighted by atomic mass is 28.3. The highest BCUT2D eigenvalue weighted by Crippen LogP contribution is 2.51. The Morgan fingerprint density at radius 3 is 0.735 bits per heavy atom. The normalized spacial score (nSPS) is 11.6. The zero-order valence-electron chi connectivity index (χ0n) is 73.3. The third-order valence-electron chi connectivity index (χ3n) is 26.3. The van der Waals surface area contributed by atoms with Crippen LogP contribution in [-0.4, -0.2) is 24.2 Å².